The Bertz CT molecular complexity index is 339. The van der Waals surface area contributed by atoms with Gasteiger partial charge in [-0.1, -0.05) is 32.9 Å². The fourth-order valence-electron chi connectivity index (χ4n) is 1.68. The molecule has 0 radical (unpaired) electrons. The minimum absolute atomic E-state index is 0.0598. The van der Waals surface area contributed by atoms with Crippen LogP contribution < -0.4 is 10.5 Å². The lowest BCUT2D eigenvalue weighted by Crippen LogP contribution is -2.45. The van der Waals surface area contributed by atoms with Gasteiger partial charge < -0.3 is 15.6 Å². The number of hydrogen-bond acceptors (Lipinski definition) is 3. The molecule has 2 atom stereocenters. The quantitative estimate of drug-likeness (QED) is 0.795. The topological polar surface area (TPSA) is 55.5 Å². The van der Waals surface area contributed by atoms with Gasteiger partial charge in [0.2, 0.25) is 0 Å². The Morgan fingerprint density at radius 2 is 2.06 bits per heavy atom. The second-order valence-corrected chi connectivity index (χ2v) is 4.66. The van der Waals surface area contributed by atoms with Crippen molar-refractivity contribution in [3.8, 4) is 5.75 Å². The van der Waals surface area contributed by atoms with Gasteiger partial charge in [-0.15, -0.1) is 0 Å². The van der Waals surface area contributed by atoms with E-state index in [0.29, 0.717) is 0 Å². The molecule has 0 aliphatic heterocycles. The summed E-state index contributed by atoms with van der Waals surface area (Å²) in [6.45, 7) is 6.09. The molecule has 1 aromatic carbocycles. The smallest absolute Gasteiger partial charge is 0.137 e. The normalized spacial score (nSPS) is 14.7. The summed E-state index contributed by atoms with van der Waals surface area (Å²) in [4.78, 5) is 0. The average Bonchev–Trinajstić information content (AvgIpc) is 2.35. The Labute approximate surface area is 104 Å². The second-order valence-electron chi connectivity index (χ2n) is 4.66. The van der Waals surface area contributed by atoms with Crippen LogP contribution in [0.2, 0.25) is 0 Å². The molecule has 1 rings (SSSR count). The maximum atomic E-state index is 9.33. The molecular weight excluding hydrogens is 214 g/mol. The predicted octanol–water partition coefficient (Wildman–Crippen LogP) is 1.97. The van der Waals surface area contributed by atoms with Gasteiger partial charge in [0.25, 0.3) is 0 Å². The molecule has 0 saturated heterocycles. The van der Waals surface area contributed by atoms with Crippen LogP contribution in [0.25, 0.3) is 0 Å². The van der Waals surface area contributed by atoms with Gasteiger partial charge in [-0.2, -0.15) is 0 Å². The van der Waals surface area contributed by atoms with Crippen LogP contribution in [0.1, 0.15) is 26.3 Å². The number of ether oxygens (including phenoxy) is 1. The zero-order valence-electron chi connectivity index (χ0n) is 10.9. The van der Waals surface area contributed by atoms with E-state index in [0.717, 1.165) is 12.2 Å². The van der Waals surface area contributed by atoms with Crippen LogP contribution >= 0.6 is 0 Å². The highest BCUT2D eigenvalue weighted by molar-refractivity contribution is 5.28. The molecule has 0 aromatic heterocycles. The molecule has 3 heteroatoms. The van der Waals surface area contributed by atoms with E-state index in [2.05, 4.69) is 13.0 Å². The third-order valence-corrected chi connectivity index (χ3v) is 2.97. The molecule has 96 valence electrons. The first-order valence-corrected chi connectivity index (χ1v) is 6.20. The number of rotatable bonds is 6. The minimum atomic E-state index is -0.345. The fourth-order valence-corrected chi connectivity index (χ4v) is 1.68. The van der Waals surface area contributed by atoms with Gasteiger partial charge in [-0.3, -0.25) is 0 Å². The monoisotopic (exact) mass is 237 g/mol. The fraction of sp³-hybridized carbons (Fsp3) is 0.571. The number of nitrogens with two attached hydrogens (primary N) is 1. The first-order chi connectivity index (χ1) is 8.08. The second kappa shape index (κ2) is 6.62. The summed E-state index contributed by atoms with van der Waals surface area (Å²) in [5, 5.41) is 9.33. The lowest BCUT2D eigenvalue weighted by atomic mass is 10.00. The molecule has 0 spiro atoms. The molecule has 0 aliphatic carbocycles. The van der Waals surface area contributed by atoms with Crippen molar-refractivity contribution < 1.29 is 9.84 Å². The number of benzene rings is 1. The van der Waals surface area contributed by atoms with Crippen molar-refractivity contribution in [2.75, 3.05) is 6.61 Å². The highest BCUT2D eigenvalue weighted by Gasteiger charge is 2.21. The maximum absolute atomic E-state index is 9.33. The SMILES string of the molecule is CCc1cccc(OC(CO)C(N)C(C)C)c1. The van der Waals surface area contributed by atoms with E-state index < -0.39 is 0 Å². The molecule has 0 saturated carbocycles. The number of aliphatic hydroxyl groups excluding tert-OH is 1. The van der Waals surface area contributed by atoms with Crippen LogP contribution in [0.3, 0.4) is 0 Å². The first-order valence-electron chi connectivity index (χ1n) is 6.20. The molecule has 3 N–H and O–H groups in total. The zero-order valence-corrected chi connectivity index (χ0v) is 10.9. The third-order valence-electron chi connectivity index (χ3n) is 2.97. The van der Waals surface area contributed by atoms with E-state index in [1.807, 2.05) is 32.0 Å². The Hall–Kier alpha value is -1.06. The molecular formula is C14H23NO2. The van der Waals surface area contributed by atoms with Crippen molar-refractivity contribution >= 4 is 0 Å². The summed E-state index contributed by atoms with van der Waals surface area (Å²) < 4.78 is 5.75. The van der Waals surface area contributed by atoms with Crippen molar-refractivity contribution in [2.24, 2.45) is 11.7 Å². The molecule has 1 aromatic rings. The van der Waals surface area contributed by atoms with Crippen LogP contribution in [-0.2, 0) is 6.42 Å². The van der Waals surface area contributed by atoms with E-state index in [1.165, 1.54) is 5.56 Å². The van der Waals surface area contributed by atoms with E-state index in [-0.39, 0.29) is 24.7 Å². The number of aryl methyl sites for hydroxylation is 1. The Balaban J connectivity index is 2.73. The molecule has 3 nitrogen and oxygen atoms in total. The van der Waals surface area contributed by atoms with Gasteiger partial charge in [-0.05, 0) is 30.0 Å². The van der Waals surface area contributed by atoms with Crippen LogP contribution in [0.4, 0.5) is 0 Å². The highest BCUT2D eigenvalue weighted by atomic mass is 16.5. The summed E-state index contributed by atoms with van der Waals surface area (Å²) in [6.07, 6.45) is 0.624. The molecule has 0 aliphatic rings. The van der Waals surface area contributed by atoms with Gasteiger partial charge in [-0.25, -0.2) is 0 Å². The Morgan fingerprint density at radius 3 is 2.59 bits per heavy atom. The van der Waals surface area contributed by atoms with E-state index in [9.17, 15) is 5.11 Å². The summed E-state index contributed by atoms with van der Waals surface area (Å²) in [5.74, 6) is 1.06. The summed E-state index contributed by atoms with van der Waals surface area (Å²) >= 11 is 0. The Morgan fingerprint density at radius 1 is 1.35 bits per heavy atom. The van der Waals surface area contributed by atoms with Crippen molar-refractivity contribution in [1.82, 2.24) is 0 Å². The predicted molar refractivity (Wildman–Crippen MR) is 70.1 cm³/mol. The van der Waals surface area contributed by atoms with Crippen molar-refractivity contribution in [3.63, 3.8) is 0 Å². The zero-order chi connectivity index (χ0) is 12.8. The maximum Gasteiger partial charge on any atom is 0.137 e. The van der Waals surface area contributed by atoms with Gasteiger partial charge >= 0.3 is 0 Å². The first kappa shape index (κ1) is 14.0. The van der Waals surface area contributed by atoms with Crippen LogP contribution in [0, 0.1) is 5.92 Å². The van der Waals surface area contributed by atoms with Gasteiger partial charge in [0.1, 0.15) is 11.9 Å². The van der Waals surface area contributed by atoms with Crippen LogP contribution in [-0.4, -0.2) is 23.9 Å². The van der Waals surface area contributed by atoms with Crippen LogP contribution in [0.15, 0.2) is 24.3 Å². The van der Waals surface area contributed by atoms with E-state index >= 15 is 0 Å². The summed E-state index contributed by atoms with van der Waals surface area (Å²) in [5.41, 5.74) is 7.22. The molecule has 0 fully saturated rings. The van der Waals surface area contributed by atoms with Crippen LogP contribution in [0.5, 0.6) is 5.75 Å². The largest absolute Gasteiger partial charge is 0.486 e. The van der Waals surface area contributed by atoms with Crippen molar-refractivity contribution in [1.29, 1.82) is 0 Å². The van der Waals surface area contributed by atoms with E-state index in [4.69, 9.17) is 10.5 Å². The third kappa shape index (κ3) is 4.02. The summed E-state index contributed by atoms with van der Waals surface area (Å²) in [7, 11) is 0. The Kier molecular flexibility index (Phi) is 5.45. The van der Waals surface area contributed by atoms with Gasteiger partial charge in [0.15, 0.2) is 0 Å². The average molecular weight is 237 g/mol. The molecule has 0 heterocycles. The highest BCUT2D eigenvalue weighted by Crippen LogP contribution is 2.17. The number of hydrogen-bond donors (Lipinski definition) is 2. The van der Waals surface area contributed by atoms with Crippen molar-refractivity contribution in [3.05, 3.63) is 29.8 Å². The van der Waals surface area contributed by atoms with Gasteiger partial charge in [0, 0.05) is 6.04 Å². The molecule has 2 unspecified atom stereocenters. The van der Waals surface area contributed by atoms with Crippen molar-refractivity contribution in [2.45, 2.75) is 39.3 Å². The lowest BCUT2D eigenvalue weighted by Gasteiger charge is -2.26. The lowest BCUT2D eigenvalue weighted by molar-refractivity contribution is 0.0810. The van der Waals surface area contributed by atoms with Gasteiger partial charge in [0.05, 0.1) is 6.61 Å². The molecule has 0 amide bonds. The van der Waals surface area contributed by atoms with E-state index in [1.54, 1.807) is 0 Å². The number of aliphatic hydroxyl groups is 1. The molecule has 0 bridgehead atoms. The standard InChI is InChI=1S/C14H23NO2/c1-4-11-6-5-7-12(8-11)17-13(9-16)14(15)10(2)3/h5-8,10,13-14,16H,4,9,15H2,1-3H3. The summed E-state index contributed by atoms with van der Waals surface area (Å²) in [6, 6.07) is 7.75. The molecule has 17 heavy (non-hydrogen) atoms. The minimum Gasteiger partial charge on any atom is -0.486 e.